The molecule has 0 saturated carbocycles. The molecule has 0 unspecified atom stereocenters. The first-order valence-corrected chi connectivity index (χ1v) is 14.7. The topological polar surface area (TPSA) is 105 Å². The number of sulfone groups is 1. The predicted octanol–water partition coefficient (Wildman–Crippen LogP) is 4.00. The molecule has 0 aromatic heterocycles. The van der Waals surface area contributed by atoms with Crippen molar-refractivity contribution in [1.29, 1.82) is 0 Å². The van der Waals surface area contributed by atoms with Crippen molar-refractivity contribution >= 4 is 27.9 Å². The molecule has 0 spiro atoms. The van der Waals surface area contributed by atoms with E-state index in [4.69, 9.17) is 4.74 Å². The van der Waals surface area contributed by atoms with Crippen LogP contribution in [0.5, 0.6) is 5.75 Å². The molecule has 202 valence electrons. The van der Waals surface area contributed by atoms with Gasteiger partial charge in [-0.05, 0) is 60.4 Å². The Bertz CT molecular complexity index is 1500. The van der Waals surface area contributed by atoms with E-state index in [0.29, 0.717) is 48.2 Å². The maximum atomic E-state index is 13.6. The number of rotatable bonds is 9. The number of hydrogen-bond acceptors (Lipinski definition) is 7. The first-order chi connectivity index (χ1) is 18.9. The van der Waals surface area contributed by atoms with E-state index >= 15 is 0 Å². The summed E-state index contributed by atoms with van der Waals surface area (Å²) in [6, 6.07) is 19.2. The number of fused-ring (bicyclic) bond motifs is 1. The van der Waals surface area contributed by atoms with Gasteiger partial charge in [-0.2, -0.15) is 0 Å². The predicted molar refractivity (Wildman–Crippen MR) is 149 cm³/mol. The molecular weight excluding hydrogens is 514 g/mol. The molecule has 1 atom stereocenters. The second-order valence-corrected chi connectivity index (χ2v) is 11.7. The SMILES string of the molecule is CNC(=O)c1ccc(S(=O)(=O)Cc2c(O[C@H](CN3C=NCC3)c3ccccc3)ccc3c2CCCC3=O)cc1. The lowest BCUT2D eigenvalue weighted by Gasteiger charge is -2.27. The van der Waals surface area contributed by atoms with Crippen molar-refractivity contribution < 1.29 is 22.7 Å². The van der Waals surface area contributed by atoms with Crippen LogP contribution in [0.15, 0.2) is 76.6 Å². The average molecular weight is 546 g/mol. The number of benzene rings is 3. The van der Waals surface area contributed by atoms with Crippen LogP contribution in [0.1, 0.15) is 56.4 Å². The highest BCUT2D eigenvalue weighted by molar-refractivity contribution is 7.90. The summed E-state index contributed by atoms with van der Waals surface area (Å²) in [7, 11) is -2.29. The molecule has 0 bridgehead atoms. The summed E-state index contributed by atoms with van der Waals surface area (Å²) in [5, 5.41) is 2.53. The van der Waals surface area contributed by atoms with Crippen LogP contribution in [0.25, 0.3) is 0 Å². The number of aliphatic imine (C=N–C) groups is 1. The van der Waals surface area contributed by atoms with Gasteiger partial charge in [-0.3, -0.25) is 14.6 Å². The number of amides is 1. The van der Waals surface area contributed by atoms with Crippen molar-refractivity contribution in [3.05, 3.63) is 94.5 Å². The minimum absolute atomic E-state index is 0.0178. The summed E-state index contributed by atoms with van der Waals surface area (Å²) in [4.78, 5) is 31.2. The fourth-order valence-electron chi connectivity index (χ4n) is 5.08. The van der Waals surface area contributed by atoms with E-state index in [1.54, 1.807) is 12.1 Å². The molecular formula is C30H31N3O5S. The van der Waals surface area contributed by atoms with E-state index in [0.717, 1.165) is 24.2 Å². The Morgan fingerprint density at radius 2 is 1.82 bits per heavy atom. The first kappa shape index (κ1) is 26.6. The van der Waals surface area contributed by atoms with Crippen LogP contribution >= 0.6 is 0 Å². The van der Waals surface area contributed by atoms with Gasteiger partial charge in [0.15, 0.2) is 15.6 Å². The average Bonchev–Trinajstić information content (AvgIpc) is 3.47. The van der Waals surface area contributed by atoms with Crippen molar-refractivity contribution in [2.75, 3.05) is 26.7 Å². The van der Waals surface area contributed by atoms with Crippen molar-refractivity contribution in [3.63, 3.8) is 0 Å². The Labute approximate surface area is 228 Å². The molecule has 0 fully saturated rings. The Morgan fingerprint density at radius 1 is 1.05 bits per heavy atom. The molecule has 1 heterocycles. The number of ketones is 1. The summed E-state index contributed by atoms with van der Waals surface area (Å²) < 4.78 is 33.9. The lowest BCUT2D eigenvalue weighted by molar-refractivity contribution is 0.0958. The Kier molecular flexibility index (Phi) is 7.79. The molecule has 2 aliphatic rings. The van der Waals surface area contributed by atoms with Gasteiger partial charge in [0, 0.05) is 36.7 Å². The van der Waals surface area contributed by atoms with Crippen LogP contribution in [0.2, 0.25) is 0 Å². The monoisotopic (exact) mass is 545 g/mol. The summed E-state index contributed by atoms with van der Waals surface area (Å²) >= 11 is 0. The van der Waals surface area contributed by atoms with Crippen LogP contribution in [0, 0.1) is 0 Å². The van der Waals surface area contributed by atoms with Crippen molar-refractivity contribution in [3.8, 4) is 5.75 Å². The molecule has 3 aromatic rings. The highest BCUT2D eigenvalue weighted by Crippen LogP contribution is 2.36. The highest BCUT2D eigenvalue weighted by Gasteiger charge is 2.28. The summed E-state index contributed by atoms with van der Waals surface area (Å²) in [6.45, 7) is 2.07. The Morgan fingerprint density at radius 3 is 2.51 bits per heavy atom. The van der Waals surface area contributed by atoms with E-state index in [1.165, 1.54) is 31.3 Å². The number of hydrogen-bond donors (Lipinski definition) is 1. The third-order valence-electron chi connectivity index (χ3n) is 7.16. The van der Waals surface area contributed by atoms with Crippen LogP contribution < -0.4 is 10.1 Å². The molecule has 8 nitrogen and oxygen atoms in total. The fraction of sp³-hybridized carbons (Fsp3) is 0.300. The Balaban J connectivity index is 1.53. The van der Waals surface area contributed by atoms with Gasteiger partial charge in [-0.25, -0.2) is 8.42 Å². The molecule has 5 rings (SSSR count). The maximum absolute atomic E-state index is 13.6. The normalized spacial score (nSPS) is 15.6. The quantitative estimate of drug-likeness (QED) is 0.436. The molecule has 39 heavy (non-hydrogen) atoms. The smallest absolute Gasteiger partial charge is 0.251 e. The zero-order valence-corrected chi connectivity index (χ0v) is 22.6. The van der Waals surface area contributed by atoms with Gasteiger partial charge < -0.3 is 15.0 Å². The molecule has 1 aliphatic heterocycles. The third kappa shape index (κ3) is 5.88. The Hall–Kier alpha value is -3.98. The molecule has 9 heteroatoms. The van der Waals surface area contributed by atoms with Crippen LogP contribution in [-0.2, 0) is 22.0 Å². The van der Waals surface area contributed by atoms with E-state index < -0.39 is 9.84 Å². The second kappa shape index (κ2) is 11.4. The molecule has 0 saturated heterocycles. The first-order valence-electron chi connectivity index (χ1n) is 13.0. The van der Waals surface area contributed by atoms with E-state index in [2.05, 4.69) is 15.2 Å². The highest BCUT2D eigenvalue weighted by atomic mass is 32.2. The summed E-state index contributed by atoms with van der Waals surface area (Å²) in [6.07, 6.45) is 3.16. The molecule has 1 aliphatic carbocycles. The number of Topliss-reactive ketones (excluding diaryl/α,β-unsaturated/α-hetero) is 1. The summed E-state index contributed by atoms with van der Waals surface area (Å²) in [5.74, 6) is -0.131. The largest absolute Gasteiger partial charge is 0.484 e. The van der Waals surface area contributed by atoms with E-state index in [9.17, 15) is 18.0 Å². The van der Waals surface area contributed by atoms with Gasteiger partial charge in [0.2, 0.25) is 0 Å². The van der Waals surface area contributed by atoms with Crippen molar-refractivity contribution in [1.82, 2.24) is 10.2 Å². The fourth-order valence-corrected chi connectivity index (χ4v) is 6.49. The lowest BCUT2D eigenvalue weighted by Crippen LogP contribution is -2.29. The van der Waals surface area contributed by atoms with E-state index in [1.807, 2.05) is 36.7 Å². The van der Waals surface area contributed by atoms with Gasteiger partial charge in [0.25, 0.3) is 5.91 Å². The minimum atomic E-state index is -3.81. The number of nitrogens with one attached hydrogen (secondary N) is 1. The lowest BCUT2D eigenvalue weighted by atomic mass is 9.87. The van der Waals surface area contributed by atoms with Crippen LogP contribution in [0.4, 0.5) is 0 Å². The standard InChI is InChI=1S/C30H31N3O5S/c1-31-30(35)22-10-12-23(13-11-22)39(36,37)19-26-24-8-5-9-27(34)25(24)14-15-28(26)38-29(18-33-17-16-32-20-33)21-6-3-2-4-7-21/h2-4,6-7,10-15,20,29H,5,8-9,16-19H2,1H3,(H,31,35)/t29-/m1/s1. The molecule has 1 N–H and O–H groups in total. The van der Waals surface area contributed by atoms with Gasteiger partial charge >= 0.3 is 0 Å². The van der Waals surface area contributed by atoms with Crippen LogP contribution in [0.3, 0.4) is 0 Å². The maximum Gasteiger partial charge on any atom is 0.251 e. The number of nitrogens with zero attached hydrogens (tertiary/aromatic N) is 2. The second-order valence-electron chi connectivity index (χ2n) is 9.74. The molecule has 0 radical (unpaired) electrons. The van der Waals surface area contributed by atoms with Gasteiger partial charge in [0.1, 0.15) is 11.9 Å². The molecule has 1 amide bonds. The van der Waals surface area contributed by atoms with E-state index in [-0.39, 0.29) is 28.4 Å². The number of ether oxygens (including phenoxy) is 1. The van der Waals surface area contributed by atoms with Crippen molar-refractivity contribution in [2.24, 2.45) is 4.99 Å². The summed E-state index contributed by atoms with van der Waals surface area (Å²) in [5.41, 5.74) is 3.16. The van der Waals surface area contributed by atoms with Gasteiger partial charge in [-0.1, -0.05) is 30.3 Å². The van der Waals surface area contributed by atoms with Gasteiger partial charge in [0.05, 0.1) is 30.1 Å². The molecule has 3 aromatic carbocycles. The van der Waals surface area contributed by atoms with Gasteiger partial charge in [-0.15, -0.1) is 0 Å². The number of carbonyl (C=O) groups is 2. The zero-order chi connectivity index (χ0) is 27.4. The number of carbonyl (C=O) groups excluding carboxylic acids is 2. The minimum Gasteiger partial charge on any atom is -0.484 e. The third-order valence-corrected chi connectivity index (χ3v) is 8.82. The van der Waals surface area contributed by atoms with Crippen LogP contribution in [-0.4, -0.2) is 58.0 Å². The zero-order valence-electron chi connectivity index (χ0n) is 21.8. The van der Waals surface area contributed by atoms with Crippen molar-refractivity contribution in [2.45, 2.75) is 36.0 Å².